The molecule has 3 heteroatoms. The van der Waals surface area contributed by atoms with Crippen LogP contribution in [-0.2, 0) is 14.2 Å². The Morgan fingerprint density at radius 2 is 1.57 bits per heavy atom. The minimum Gasteiger partial charge on any atom is -0.375 e. The zero-order valence-electron chi connectivity index (χ0n) is 14.8. The molecule has 0 N–H and O–H groups in total. The second-order valence-corrected chi connectivity index (χ2v) is 9.46. The van der Waals surface area contributed by atoms with Crippen LogP contribution < -0.4 is 0 Å². The van der Waals surface area contributed by atoms with Crippen LogP contribution >= 0.6 is 0 Å². The quantitative estimate of drug-likeness (QED) is 0.671. The van der Waals surface area contributed by atoms with Gasteiger partial charge in [0, 0.05) is 19.4 Å². The van der Waals surface area contributed by atoms with Gasteiger partial charge in [0.2, 0.25) is 0 Å². The maximum atomic E-state index is 6.20. The van der Waals surface area contributed by atoms with E-state index in [1.54, 1.807) is 0 Å². The Morgan fingerprint density at radius 3 is 2.39 bits per heavy atom. The second kappa shape index (κ2) is 4.95. The van der Waals surface area contributed by atoms with E-state index in [0.29, 0.717) is 5.41 Å². The van der Waals surface area contributed by atoms with Crippen LogP contribution in [0.2, 0.25) is 0 Å². The highest BCUT2D eigenvalue weighted by Gasteiger charge is 2.60. The summed E-state index contributed by atoms with van der Waals surface area (Å²) >= 11 is 0. The van der Waals surface area contributed by atoms with Crippen LogP contribution in [0.4, 0.5) is 0 Å². The third kappa shape index (κ3) is 2.05. The van der Waals surface area contributed by atoms with E-state index in [0.717, 1.165) is 56.3 Å². The summed E-state index contributed by atoms with van der Waals surface area (Å²) in [4.78, 5) is 0. The number of fused-ring (bicyclic) bond motifs is 5. The Hall–Kier alpha value is -0.120. The summed E-state index contributed by atoms with van der Waals surface area (Å²) in [5, 5.41) is 0. The van der Waals surface area contributed by atoms with Crippen molar-refractivity contribution in [1.82, 2.24) is 0 Å². The van der Waals surface area contributed by atoms with Gasteiger partial charge in [-0.25, -0.2) is 0 Å². The molecule has 23 heavy (non-hydrogen) atoms. The van der Waals surface area contributed by atoms with Gasteiger partial charge in [0.05, 0.1) is 18.8 Å². The molecule has 2 heterocycles. The van der Waals surface area contributed by atoms with Crippen molar-refractivity contribution in [2.24, 2.45) is 29.1 Å². The van der Waals surface area contributed by atoms with E-state index in [-0.39, 0.29) is 11.4 Å². The highest BCUT2D eigenvalue weighted by atomic mass is 16.7. The molecule has 1 spiro atoms. The van der Waals surface area contributed by atoms with E-state index in [9.17, 15) is 0 Å². The highest BCUT2D eigenvalue weighted by Crippen LogP contribution is 2.64. The van der Waals surface area contributed by atoms with Gasteiger partial charge in [-0.2, -0.15) is 0 Å². The van der Waals surface area contributed by atoms with Crippen LogP contribution in [0.3, 0.4) is 0 Å². The van der Waals surface area contributed by atoms with Crippen LogP contribution in [0, 0.1) is 29.1 Å². The first-order valence-electron chi connectivity index (χ1n) is 9.97. The number of ether oxygens (including phenoxy) is 3. The first-order chi connectivity index (χ1) is 11.0. The summed E-state index contributed by atoms with van der Waals surface area (Å²) in [6.45, 7) is 7.59. The molecule has 2 saturated heterocycles. The van der Waals surface area contributed by atoms with Gasteiger partial charge in [-0.15, -0.1) is 0 Å². The lowest BCUT2D eigenvalue weighted by Gasteiger charge is -2.61. The predicted molar refractivity (Wildman–Crippen MR) is 88.0 cm³/mol. The van der Waals surface area contributed by atoms with E-state index in [4.69, 9.17) is 14.2 Å². The van der Waals surface area contributed by atoms with Crippen molar-refractivity contribution in [3.63, 3.8) is 0 Å². The van der Waals surface area contributed by atoms with Crippen LogP contribution in [-0.4, -0.2) is 31.2 Å². The van der Waals surface area contributed by atoms with E-state index in [1.807, 2.05) is 0 Å². The van der Waals surface area contributed by atoms with Gasteiger partial charge in [0.15, 0.2) is 5.79 Å². The summed E-state index contributed by atoms with van der Waals surface area (Å²) in [5.41, 5.74) is 0.700. The lowest BCUT2D eigenvalue weighted by molar-refractivity contribution is -0.230. The van der Waals surface area contributed by atoms with Gasteiger partial charge in [0.1, 0.15) is 0 Å². The monoisotopic (exact) mass is 320 g/mol. The maximum Gasteiger partial charge on any atom is 0.168 e. The Labute approximate surface area is 140 Å². The molecule has 5 rings (SSSR count). The zero-order valence-corrected chi connectivity index (χ0v) is 14.8. The lowest BCUT2D eigenvalue weighted by atomic mass is 9.46. The summed E-state index contributed by atoms with van der Waals surface area (Å²) < 4.78 is 18.3. The van der Waals surface area contributed by atoms with Crippen molar-refractivity contribution in [3.05, 3.63) is 0 Å². The third-order valence-electron chi connectivity index (χ3n) is 8.67. The van der Waals surface area contributed by atoms with E-state index < -0.39 is 0 Å². The first kappa shape index (κ1) is 15.2. The predicted octanol–water partition coefficient (Wildman–Crippen LogP) is 4.15. The van der Waals surface area contributed by atoms with Gasteiger partial charge < -0.3 is 14.2 Å². The minimum atomic E-state index is -0.212. The SMILES string of the molecule is C[C@@]12CCC3C(CC[C@@H]4CC5(CC[C@]34C)OCCO5)C1CCO2. The largest absolute Gasteiger partial charge is 0.375 e. The molecule has 5 fully saturated rings. The fourth-order valence-electron chi connectivity index (χ4n) is 7.36. The van der Waals surface area contributed by atoms with E-state index in [2.05, 4.69) is 13.8 Å². The highest BCUT2D eigenvalue weighted by molar-refractivity contribution is 5.09. The molecule has 0 amide bonds. The van der Waals surface area contributed by atoms with Crippen LogP contribution in [0.1, 0.15) is 65.2 Å². The van der Waals surface area contributed by atoms with E-state index in [1.165, 1.54) is 38.5 Å². The third-order valence-corrected chi connectivity index (χ3v) is 8.67. The molecule has 130 valence electrons. The molecule has 3 nitrogen and oxygen atoms in total. The topological polar surface area (TPSA) is 27.7 Å². The molecule has 2 aliphatic heterocycles. The molecular formula is C20H32O3. The summed E-state index contributed by atoms with van der Waals surface area (Å²) in [5.74, 6) is 3.20. The molecule has 0 radical (unpaired) electrons. The Morgan fingerprint density at radius 1 is 0.739 bits per heavy atom. The van der Waals surface area contributed by atoms with Gasteiger partial charge in [-0.1, -0.05) is 6.92 Å². The average molecular weight is 320 g/mol. The van der Waals surface area contributed by atoms with Crippen molar-refractivity contribution in [1.29, 1.82) is 0 Å². The van der Waals surface area contributed by atoms with Crippen LogP contribution in [0.15, 0.2) is 0 Å². The number of hydrogen-bond donors (Lipinski definition) is 0. The molecule has 6 atom stereocenters. The molecule has 3 aliphatic carbocycles. The standard InChI is InChI=1S/C20H32O3/c1-18-8-9-20(22-11-12-23-20)13-14(18)3-4-15-16(18)5-7-19(2)17(15)6-10-21-19/h14-17H,3-13H2,1-2H3/t14-,15?,16?,17?,18+,19-/m1/s1. The van der Waals surface area contributed by atoms with Gasteiger partial charge in [-0.05, 0) is 74.5 Å². The molecule has 0 bridgehead atoms. The number of rotatable bonds is 0. The molecular weight excluding hydrogens is 288 g/mol. The Bertz CT molecular complexity index is 485. The minimum absolute atomic E-state index is 0.192. The lowest BCUT2D eigenvalue weighted by Crippen LogP contribution is -2.57. The van der Waals surface area contributed by atoms with Crippen molar-refractivity contribution < 1.29 is 14.2 Å². The van der Waals surface area contributed by atoms with Crippen LogP contribution in [0.5, 0.6) is 0 Å². The van der Waals surface area contributed by atoms with E-state index >= 15 is 0 Å². The molecule has 3 saturated carbocycles. The summed E-state index contributed by atoms with van der Waals surface area (Å²) in [7, 11) is 0. The van der Waals surface area contributed by atoms with Crippen molar-refractivity contribution >= 4 is 0 Å². The van der Waals surface area contributed by atoms with Gasteiger partial charge in [0.25, 0.3) is 0 Å². The van der Waals surface area contributed by atoms with Crippen molar-refractivity contribution in [2.45, 2.75) is 76.6 Å². The van der Waals surface area contributed by atoms with Gasteiger partial charge >= 0.3 is 0 Å². The second-order valence-electron chi connectivity index (χ2n) is 9.46. The summed E-state index contributed by atoms with van der Waals surface area (Å²) in [6, 6.07) is 0. The number of hydrogen-bond acceptors (Lipinski definition) is 3. The fourth-order valence-corrected chi connectivity index (χ4v) is 7.36. The zero-order chi connectivity index (χ0) is 15.7. The average Bonchev–Trinajstić information content (AvgIpc) is 3.15. The van der Waals surface area contributed by atoms with Crippen molar-refractivity contribution in [3.8, 4) is 0 Å². The normalized spacial score (nSPS) is 54.5. The summed E-state index contributed by atoms with van der Waals surface area (Å²) in [6.07, 6.45) is 10.3. The van der Waals surface area contributed by atoms with Crippen molar-refractivity contribution in [2.75, 3.05) is 19.8 Å². The van der Waals surface area contributed by atoms with Gasteiger partial charge in [-0.3, -0.25) is 0 Å². The molecule has 0 aromatic carbocycles. The smallest absolute Gasteiger partial charge is 0.168 e. The molecule has 0 aromatic rings. The molecule has 0 aromatic heterocycles. The maximum absolute atomic E-state index is 6.20. The Balaban J connectivity index is 1.41. The first-order valence-corrected chi connectivity index (χ1v) is 9.97. The van der Waals surface area contributed by atoms with Crippen LogP contribution in [0.25, 0.3) is 0 Å². The molecule has 3 unspecified atom stereocenters. The molecule has 5 aliphatic rings. The fraction of sp³-hybridized carbons (Fsp3) is 1.00. The Kier molecular flexibility index (Phi) is 3.27.